The quantitative estimate of drug-likeness (QED) is 0.290. The third-order valence-corrected chi connectivity index (χ3v) is 6.37. The predicted molar refractivity (Wildman–Crippen MR) is 143 cm³/mol. The van der Waals surface area contributed by atoms with Crippen LogP contribution in [0.5, 0.6) is 0 Å². The highest BCUT2D eigenvalue weighted by Gasteiger charge is 2.34. The highest BCUT2D eigenvalue weighted by molar-refractivity contribution is 5.85. The molecule has 2 N–H and O–H groups in total. The molecule has 2 unspecified atom stereocenters. The lowest BCUT2D eigenvalue weighted by atomic mass is 9.92. The van der Waals surface area contributed by atoms with Crippen molar-refractivity contribution in [2.24, 2.45) is 0 Å². The molecule has 2 atom stereocenters. The van der Waals surface area contributed by atoms with Crippen LogP contribution in [0.2, 0.25) is 0 Å². The summed E-state index contributed by atoms with van der Waals surface area (Å²) >= 11 is 0. The molecule has 0 aliphatic rings. The molecular formula is C32H30O6. The maximum absolute atomic E-state index is 12.6. The fourth-order valence-corrected chi connectivity index (χ4v) is 4.27. The number of hydrogen-bond donors (Lipinski definition) is 2. The first-order valence-corrected chi connectivity index (χ1v) is 12.4. The summed E-state index contributed by atoms with van der Waals surface area (Å²) in [6, 6.07) is 38.0. The normalized spacial score (nSPS) is 12.6. The summed E-state index contributed by atoms with van der Waals surface area (Å²) < 4.78 is 10.7. The Morgan fingerprint density at radius 1 is 0.474 bits per heavy atom. The van der Waals surface area contributed by atoms with Crippen molar-refractivity contribution in [3.63, 3.8) is 0 Å². The third kappa shape index (κ3) is 6.94. The molecule has 4 aromatic carbocycles. The molecule has 0 aliphatic carbocycles. The van der Waals surface area contributed by atoms with Crippen molar-refractivity contribution in [3.05, 3.63) is 144 Å². The Kier molecular flexibility index (Phi) is 9.40. The van der Waals surface area contributed by atoms with Gasteiger partial charge in [-0.2, -0.15) is 0 Å². The van der Waals surface area contributed by atoms with Gasteiger partial charge in [0.25, 0.3) is 0 Å². The minimum Gasteiger partial charge on any atom is -0.463 e. The summed E-state index contributed by atoms with van der Waals surface area (Å²) in [6.45, 7) is -0.147. The number of rotatable bonds is 11. The van der Waals surface area contributed by atoms with Crippen LogP contribution in [0.4, 0.5) is 0 Å². The Morgan fingerprint density at radius 2 is 0.711 bits per heavy atom. The molecule has 0 bridgehead atoms. The molecule has 0 fully saturated rings. The summed E-state index contributed by atoms with van der Waals surface area (Å²) in [5.41, 5.74) is 3.70. The molecule has 4 rings (SSSR count). The number of hydrogen-bond acceptors (Lipinski definition) is 6. The van der Waals surface area contributed by atoms with E-state index in [0.29, 0.717) is 0 Å². The standard InChI is InChI=1S/C32H30O6/c33-29(31(35)37-21-27(23-13-5-1-6-14-23)24-15-7-2-8-16-24)30(34)32(36)38-22-28(25-17-9-3-10-18-25)26-19-11-4-12-20-26/h1-20,27-30,33-34H,21-22H2. The first-order chi connectivity index (χ1) is 18.5. The minimum absolute atomic E-state index is 0.0736. The molecular weight excluding hydrogens is 480 g/mol. The maximum Gasteiger partial charge on any atom is 0.338 e. The second-order valence-corrected chi connectivity index (χ2v) is 8.90. The fraction of sp³-hybridized carbons (Fsp3) is 0.188. The van der Waals surface area contributed by atoms with E-state index in [1.807, 2.05) is 121 Å². The molecule has 6 nitrogen and oxygen atoms in total. The lowest BCUT2D eigenvalue weighted by Gasteiger charge is -2.22. The predicted octanol–water partition coefficient (Wildman–Crippen LogP) is 4.46. The molecule has 38 heavy (non-hydrogen) atoms. The van der Waals surface area contributed by atoms with Crippen molar-refractivity contribution in [1.29, 1.82) is 0 Å². The van der Waals surface area contributed by atoms with Crippen LogP contribution in [0.25, 0.3) is 0 Å². The number of aliphatic hydroxyl groups excluding tert-OH is 2. The van der Waals surface area contributed by atoms with Gasteiger partial charge in [0.1, 0.15) is 13.2 Å². The van der Waals surface area contributed by atoms with Gasteiger partial charge < -0.3 is 19.7 Å². The SMILES string of the molecule is O=C(OCC(c1ccccc1)c1ccccc1)C(O)C(O)C(=O)OCC(c1ccccc1)c1ccccc1. The lowest BCUT2D eigenvalue weighted by molar-refractivity contribution is -0.173. The van der Waals surface area contributed by atoms with Gasteiger partial charge in [0.15, 0.2) is 12.2 Å². The van der Waals surface area contributed by atoms with Gasteiger partial charge in [-0.3, -0.25) is 0 Å². The summed E-state index contributed by atoms with van der Waals surface area (Å²) in [6.07, 6.45) is -4.16. The Labute approximate surface area is 222 Å². The first kappa shape index (κ1) is 26.8. The van der Waals surface area contributed by atoms with E-state index in [-0.39, 0.29) is 25.0 Å². The summed E-state index contributed by atoms with van der Waals surface area (Å²) in [4.78, 5) is 25.2. The molecule has 0 saturated carbocycles. The monoisotopic (exact) mass is 510 g/mol. The number of benzene rings is 4. The van der Waals surface area contributed by atoms with Gasteiger partial charge in [-0.1, -0.05) is 121 Å². The van der Waals surface area contributed by atoms with Gasteiger partial charge in [-0.05, 0) is 22.3 Å². The van der Waals surface area contributed by atoms with Crippen molar-refractivity contribution < 1.29 is 29.3 Å². The molecule has 0 aromatic heterocycles. The largest absolute Gasteiger partial charge is 0.463 e. The molecule has 0 aliphatic heterocycles. The molecule has 0 amide bonds. The number of carbonyl (C=O) groups is 2. The van der Waals surface area contributed by atoms with Crippen LogP contribution in [0.1, 0.15) is 34.1 Å². The molecule has 194 valence electrons. The zero-order valence-electron chi connectivity index (χ0n) is 20.8. The zero-order chi connectivity index (χ0) is 26.7. The zero-order valence-corrected chi connectivity index (χ0v) is 20.8. The maximum atomic E-state index is 12.6. The Bertz CT molecular complexity index is 1100. The van der Waals surface area contributed by atoms with Gasteiger partial charge >= 0.3 is 11.9 Å². The van der Waals surface area contributed by atoms with Crippen molar-refractivity contribution >= 4 is 11.9 Å². The molecule has 4 aromatic rings. The second-order valence-electron chi connectivity index (χ2n) is 8.90. The molecule has 0 saturated heterocycles. The number of ether oxygens (including phenoxy) is 2. The van der Waals surface area contributed by atoms with Crippen LogP contribution in [-0.4, -0.2) is 47.6 Å². The van der Waals surface area contributed by atoms with Crippen LogP contribution in [0, 0.1) is 0 Å². The van der Waals surface area contributed by atoms with Gasteiger partial charge in [0.2, 0.25) is 0 Å². The third-order valence-electron chi connectivity index (χ3n) is 6.37. The molecule has 0 heterocycles. The summed E-state index contributed by atoms with van der Waals surface area (Å²) in [5, 5.41) is 20.8. The van der Waals surface area contributed by atoms with E-state index >= 15 is 0 Å². The lowest BCUT2D eigenvalue weighted by Crippen LogP contribution is -2.42. The topological polar surface area (TPSA) is 93.1 Å². The van der Waals surface area contributed by atoms with E-state index in [1.54, 1.807) is 0 Å². The van der Waals surface area contributed by atoms with Crippen molar-refractivity contribution in [3.8, 4) is 0 Å². The average Bonchev–Trinajstić information content (AvgIpc) is 2.98. The first-order valence-electron chi connectivity index (χ1n) is 12.4. The van der Waals surface area contributed by atoms with E-state index in [9.17, 15) is 19.8 Å². The van der Waals surface area contributed by atoms with Crippen molar-refractivity contribution in [2.75, 3.05) is 13.2 Å². The van der Waals surface area contributed by atoms with Crippen LogP contribution >= 0.6 is 0 Å². The number of carbonyl (C=O) groups excluding carboxylic acids is 2. The Morgan fingerprint density at radius 3 is 0.947 bits per heavy atom. The Balaban J connectivity index is 1.38. The fourth-order valence-electron chi connectivity index (χ4n) is 4.27. The van der Waals surface area contributed by atoms with Gasteiger partial charge in [-0.25, -0.2) is 9.59 Å². The number of esters is 2. The van der Waals surface area contributed by atoms with E-state index in [1.165, 1.54) is 0 Å². The smallest absolute Gasteiger partial charge is 0.338 e. The average molecular weight is 511 g/mol. The van der Waals surface area contributed by atoms with Crippen LogP contribution in [0.3, 0.4) is 0 Å². The van der Waals surface area contributed by atoms with Crippen LogP contribution in [-0.2, 0) is 19.1 Å². The van der Waals surface area contributed by atoms with E-state index in [2.05, 4.69) is 0 Å². The summed E-state index contributed by atoms with van der Waals surface area (Å²) in [7, 11) is 0. The van der Waals surface area contributed by atoms with E-state index in [4.69, 9.17) is 9.47 Å². The van der Waals surface area contributed by atoms with E-state index in [0.717, 1.165) is 22.3 Å². The highest BCUT2D eigenvalue weighted by Crippen LogP contribution is 2.26. The van der Waals surface area contributed by atoms with Gasteiger partial charge in [-0.15, -0.1) is 0 Å². The molecule has 0 radical (unpaired) electrons. The summed E-state index contributed by atoms with van der Waals surface area (Å²) in [5.74, 6) is -2.77. The Hall–Kier alpha value is -4.26. The van der Waals surface area contributed by atoms with Crippen LogP contribution < -0.4 is 0 Å². The highest BCUT2D eigenvalue weighted by atomic mass is 16.6. The van der Waals surface area contributed by atoms with Crippen molar-refractivity contribution in [2.45, 2.75) is 24.0 Å². The molecule has 6 heteroatoms. The van der Waals surface area contributed by atoms with Crippen LogP contribution in [0.15, 0.2) is 121 Å². The van der Waals surface area contributed by atoms with Gasteiger partial charge in [0.05, 0.1) is 0 Å². The number of aliphatic hydroxyl groups is 2. The minimum atomic E-state index is -2.08. The second kappa shape index (κ2) is 13.3. The molecule has 0 spiro atoms. The van der Waals surface area contributed by atoms with Crippen molar-refractivity contribution in [1.82, 2.24) is 0 Å². The van der Waals surface area contributed by atoms with E-state index < -0.39 is 24.1 Å². The van der Waals surface area contributed by atoms with Gasteiger partial charge in [0, 0.05) is 11.8 Å².